The fourth-order valence-electron chi connectivity index (χ4n) is 4.91. The zero-order chi connectivity index (χ0) is 26.8. The van der Waals surface area contributed by atoms with Crippen molar-refractivity contribution in [1.29, 1.82) is 0 Å². The summed E-state index contributed by atoms with van der Waals surface area (Å²) in [5.41, 5.74) is 3.92. The fourth-order valence-corrected chi connectivity index (χ4v) is 5.54. The number of nitrogens with one attached hydrogen (secondary N) is 2. The van der Waals surface area contributed by atoms with E-state index in [9.17, 15) is 8.42 Å². The van der Waals surface area contributed by atoms with Gasteiger partial charge in [0.05, 0.1) is 16.8 Å². The maximum absolute atomic E-state index is 15.2. The van der Waals surface area contributed by atoms with Crippen LogP contribution in [0, 0.1) is 18.6 Å². The molecule has 2 aliphatic rings. The number of halogens is 2. The molecule has 1 fully saturated rings. The van der Waals surface area contributed by atoms with Gasteiger partial charge in [0.1, 0.15) is 11.5 Å². The molecule has 1 aliphatic heterocycles. The Morgan fingerprint density at radius 1 is 1.16 bits per heavy atom. The zero-order valence-corrected chi connectivity index (χ0v) is 21.9. The van der Waals surface area contributed by atoms with Gasteiger partial charge in [-0.1, -0.05) is 0 Å². The monoisotopic (exact) mass is 540 g/mol. The minimum Gasteiger partial charge on any atom is -0.323 e. The molecule has 0 atom stereocenters. The second kappa shape index (κ2) is 8.86. The Bertz CT molecular complexity index is 1650. The number of aryl methyl sites for hydroxylation is 2. The molecular formula is C25H26F2N8O2S. The van der Waals surface area contributed by atoms with Gasteiger partial charge in [-0.2, -0.15) is 15.2 Å². The van der Waals surface area contributed by atoms with E-state index < -0.39 is 32.1 Å². The van der Waals surface area contributed by atoms with Crippen molar-refractivity contribution < 1.29 is 17.2 Å². The quantitative estimate of drug-likeness (QED) is 0.354. The summed E-state index contributed by atoms with van der Waals surface area (Å²) in [4.78, 5) is 10.3. The Hall–Kier alpha value is -3.87. The summed E-state index contributed by atoms with van der Waals surface area (Å²) in [5, 5.41) is 15.0. The SMILES string of the molecule is Cc1cc(Nc2nc(N(C)c3c(F)cc(S(C)(=O)=O)cc3F)nc(-c3cnn4c3CCC4)c2C2CC2)n[nH]1. The summed E-state index contributed by atoms with van der Waals surface area (Å²) in [6.45, 7) is 2.71. The second-order valence-electron chi connectivity index (χ2n) is 9.87. The first-order valence-electron chi connectivity index (χ1n) is 12.3. The molecule has 0 amide bonds. The van der Waals surface area contributed by atoms with Crippen LogP contribution in [-0.2, 0) is 22.8 Å². The first-order valence-corrected chi connectivity index (χ1v) is 14.2. The number of benzene rings is 1. The molecule has 0 saturated heterocycles. The van der Waals surface area contributed by atoms with Crippen molar-refractivity contribution >= 4 is 33.1 Å². The van der Waals surface area contributed by atoms with Crippen molar-refractivity contribution in [3.8, 4) is 11.3 Å². The molecule has 0 bridgehead atoms. The largest absolute Gasteiger partial charge is 0.323 e. The van der Waals surface area contributed by atoms with Crippen LogP contribution < -0.4 is 10.2 Å². The van der Waals surface area contributed by atoms with Crippen molar-refractivity contribution in [1.82, 2.24) is 29.9 Å². The number of anilines is 4. The van der Waals surface area contributed by atoms with Gasteiger partial charge < -0.3 is 10.2 Å². The van der Waals surface area contributed by atoms with Crippen LogP contribution in [0.15, 0.2) is 29.3 Å². The van der Waals surface area contributed by atoms with Crippen molar-refractivity contribution in [2.24, 2.45) is 0 Å². The molecule has 3 aromatic heterocycles. The van der Waals surface area contributed by atoms with Crippen LogP contribution in [0.3, 0.4) is 0 Å². The van der Waals surface area contributed by atoms with Crippen LogP contribution in [0.4, 0.5) is 32.1 Å². The summed E-state index contributed by atoms with van der Waals surface area (Å²) in [7, 11) is -2.36. The van der Waals surface area contributed by atoms with Gasteiger partial charge in [0.2, 0.25) is 5.95 Å². The molecule has 0 spiro atoms. The van der Waals surface area contributed by atoms with Gasteiger partial charge >= 0.3 is 0 Å². The molecule has 6 rings (SSSR count). The Kier molecular flexibility index (Phi) is 5.70. The summed E-state index contributed by atoms with van der Waals surface area (Å²) in [6.07, 6.45) is 6.46. The minimum atomic E-state index is -3.80. The molecule has 10 nitrogen and oxygen atoms in total. The van der Waals surface area contributed by atoms with Crippen molar-refractivity contribution in [2.75, 3.05) is 23.5 Å². The van der Waals surface area contributed by atoms with Gasteiger partial charge in [-0.3, -0.25) is 9.78 Å². The van der Waals surface area contributed by atoms with E-state index in [0.29, 0.717) is 17.3 Å². The molecule has 0 radical (unpaired) electrons. The van der Waals surface area contributed by atoms with Gasteiger partial charge in [0.15, 0.2) is 27.3 Å². The number of rotatable bonds is 7. The zero-order valence-electron chi connectivity index (χ0n) is 21.1. The van der Waals surface area contributed by atoms with Crippen molar-refractivity contribution in [3.05, 3.63) is 53.0 Å². The maximum Gasteiger partial charge on any atom is 0.232 e. The average Bonchev–Trinajstić information content (AvgIpc) is 3.22. The molecule has 13 heteroatoms. The predicted octanol–water partition coefficient (Wildman–Crippen LogP) is 4.39. The lowest BCUT2D eigenvalue weighted by molar-refractivity contribution is 0.569. The third-order valence-electron chi connectivity index (χ3n) is 6.91. The van der Waals surface area contributed by atoms with E-state index in [1.165, 1.54) is 11.9 Å². The predicted molar refractivity (Wildman–Crippen MR) is 138 cm³/mol. The molecule has 4 heterocycles. The first-order chi connectivity index (χ1) is 18.1. The third kappa shape index (κ3) is 4.30. The first kappa shape index (κ1) is 24.5. The van der Waals surface area contributed by atoms with E-state index in [-0.39, 0.29) is 11.9 Å². The van der Waals surface area contributed by atoms with Crippen molar-refractivity contribution in [3.63, 3.8) is 0 Å². The standard InChI is InChI=1S/C25H26F2N8O2S/c1-13-9-20(33-32-13)29-24-21(14-6-7-14)22(16-12-28-35-8-4-5-19(16)35)30-25(31-24)34(2)23-17(26)10-15(11-18(23)27)38(3,36)37/h9-12,14H,4-8H2,1-3H3,(H2,29,30,31,32,33). The Balaban J connectivity index is 1.53. The van der Waals surface area contributed by atoms with Crippen LogP contribution in [0.5, 0.6) is 0 Å². The summed E-state index contributed by atoms with van der Waals surface area (Å²) < 4.78 is 56.0. The number of nitrogens with zero attached hydrogens (tertiary/aromatic N) is 6. The highest BCUT2D eigenvalue weighted by Gasteiger charge is 2.34. The smallest absolute Gasteiger partial charge is 0.232 e. The summed E-state index contributed by atoms with van der Waals surface area (Å²) >= 11 is 0. The normalized spacial score (nSPS) is 15.1. The molecule has 38 heavy (non-hydrogen) atoms. The van der Waals surface area contributed by atoms with E-state index in [1.54, 1.807) is 6.20 Å². The van der Waals surface area contributed by atoms with Gasteiger partial charge in [-0.25, -0.2) is 22.2 Å². The molecule has 1 saturated carbocycles. The summed E-state index contributed by atoms with van der Waals surface area (Å²) in [6, 6.07) is 3.45. The maximum atomic E-state index is 15.2. The highest BCUT2D eigenvalue weighted by atomic mass is 32.2. The Labute approximate surface area is 218 Å². The molecule has 0 unspecified atom stereocenters. The number of H-pyrrole nitrogens is 1. The lowest BCUT2D eigenvalue weighted by atomic mass is 10.0. The lowest BCUT2D eigenvalue weighted by Gasteiger charge is -2.22. The van der Waals surface area contributed by atoms with Gasteiger partial charge in [-0.15, -0.1) is 0 Å². The summed E-state index contributed by atoms with van der Waals surface area (Å²) in [5.74, 6) is -0.745. The second-order valence-corrected chi connectivity index (χ2v) is 11.9. The van der Waals surface area contributed by atoms with E-state index in [0.717, 1.165) is 73.1 Å². The van der Waals surface area contributed by atoms with Crippen molar-refractivity contribution in [2.45, 2.75) is 50.0 Å². The highest BCUT2D eigenvalue weighted by molar-refractivity contribution is 7.90. The number of aromatic amines is 1. The van der Waals surface area contributed by atoms with E-state index in [2.05, 4.69) is 20.6 Å². The topological polar surface area (TPSA) is 122 Å². The number of hydrogen-bond donors (Lipinski definition) is 2. The van der Waals surface area contributed by atoms with Gasteiger partial charge in [0, 0.05) is 48.4 Å². The van der Waals surface area contributed by atoms with E-state index in [4.69, 9.17) is 9.97 Å². The van der Waals surface area contributed by atoms with Crippen LogP contribution in [0.25, 0.3) is 11.3 Å². The number of hydrogen-bond acceptors (Lipinski definition) is 8. The molecule has 198 valence electrons. The number of sulfone groups is 1. The fraction of sp³-hybridized carbons (Fsp3) is 0.360. The molecular weight excluding hydrogens is 514 g/mol. The van der Waals surface area contributed by atoms with Crippen LogP contribution in [0.1, 0.15) is 42.1 Å². The van der Waals surface area contributed by atoms with Gasteiger partial charge in [0.25, 0.3) is 0 Å². The minimum absolute atomic E-state index is 0.0435. The molecule has 1 aromatic carbocycles. The Morgan fingerprint density at radius 3 is 2.53 bits per heavy atom. The Morgan fingerprint density at radius 2 is 1.89 bits per heavy atom. The molecule has 2 N–H and O–H groups in total. The van der Waals surface area contributed by atoms with Crippen LogP contribution >= 0.6 is 0 Å². The van der Waals surface area contributed by atoms with Crippen LogP contribution in [-0.4, -0.2) is 51.7 Å². The van der Waals surface area contributed by atoms with Crippen LogP contribution in [0.2, 0.25) is 0 Å². The number of fused-ring (bicyclic) bond motifs is 1. The number of aromatic nitrogens is 6. The average molecular weight is 541 g/mol. The highest BCUT2D eigenvalue weighted by Crippen LogP contribution is 2.49. The van der Waals surface area contributed by atoms with E-state index in [1.807, 2.05) is 17.7 Å². The molecule has 1 aliphatic carbocycles. The van der Waals surface area contributed by atoms with E-state index >= 15 is 8.78 Å². The van der Waals surface area contributed by atoms with Gasteiger partial charge in [-0.05, 0) is 50.7 Å². The lowest BCUT2D eigenvalue weighted by Crippen LogP contribution is -2.19. The third-order valence-corrected chi connectivity index (χ3v) is 8.01. The molecule has 4 aromatic rings.